The lowest BCUT2D eigenvalue weighted by Gasteiger charge is -2.08. The van der Waals surface area contributed by atoms with Crippen molar-refractivity contribution in [1.29, 1.82) is 0 Å². The van der Waals surface area contributed by atoms with E-state index in [2.05, 4.69) is 4.98 Å². The maximum absolute atomic E-state index is 12.1. The van der Waals surface area contributed by atoms with E-state index in [1.807, 2.05) is 47.3 Å². The van der Waals surface area contributed by atoms with Crippen molar-refractivity contribution in [3.05, 3.63) is 58.4 Å². The van der Waals surface area contributed by atoms with Gasteiger partial charge in [-0.3, -0.25) is 4.79 Å². The van der Waals surface area contributed by atoms with Crippen LogP contribution in [0.5, 0.6) is 0 Å². The number of aromatic amines is 1. The molecule has 0 amide bonds. The van der Waals surface area contributed by atoms with Crippen LogP contribution in [0.3, 0.4) is 0 Å². The second-order valence-electron chi connectivity index (χ2n) is 4.55. The van der Waals surface area contributed by atoms with Crippen LogP contribution in [0.25, 0.3) is 10.9 Å². The number of thiophene rings is 1. The number of H-pyrrole nitrogens is 1. The Balaban J connectivity index is 1.83. The number of carbonyl (C=O) groups excluding carboxylic acids is 1. The number of carbonyl (C=O) groups is 1. The summed E-state index contributed by atoms with van der Waals surface area (Å²) >= 11 is 1.51. The van der Waals surface area contributed by atoms with E-state index in [9.17, 15) is 4.79 Å². The summed E-state index contributed by atoms with van der Waals surface area (Å²) in [5, 5.41) is 4.87. The second-order valence-corrected chi connectivity index (χ2v) is 5.33. The Bertz CT molecular complexity index is 700. The molecule has 2 aromatic heterocycles. The number of Topliss-reactive ketones (excluding diaryl/α,β-unsaturated/α-hetero) is 1. The summed E-state index contributed by atoms with van der Waals surface area (Å²) in [6, 6.07) is 9.37. The van der Waals surface area contributed by atoms with Crippen molar-refractivity contribution in [1.82, 2.24) is 4.98 Å². The topological polar surface area (TPSA) is 58.9 Å². The Morgan fingerprint density at radius 1 is 1.32 bits per heavy atom. The summed E-state index contributed by atoms with van der Waals surface area (Å²) in [6.45, 7) is 0. The minimum Gasteiger partial charge on any atom is -0.361 e. The summed E-state index contributed by atoms with van der Waals surface area (Å²) in [6.07, 6.45) is 2.49. The molecule has 0 saturated carbocycles. The summed E-state index contributed by atoms with van der Waals surface area (Å²) in [5.74, 6) is 0.00605. The molecule has 3 rings (SSSR count). The Hall–Kier alpha value is -1.91. The molecule has 2 heterocycles. The average Bonchev–Trinajstić information content (AvgIpc) is 3.08. The molecule has 0 saturated heterocycles. The normalized spacial score (nSPS) is 12.7. The maximum Gasteiger partial charge on any atom is 0.180 e. The van der Waals surface area contributed by atoms with Gasteiger partial charge in [0.1, 0.15) is 0 Å². The van der Waals surface area contributed by atoms with Crippen LogP contribution in [0.2, 0.25) is 0 Å². The molecule has 0 aliphatic rings. The highest BCUT2D eigenvalue weighted by atomic mass is 32.1. The SMILES string of the molecule is N[C@@H](Cc1c[nH]c2ccccc12)C(=O)c1ccsc1. The molecule has 3 N–H and O–H groups in total. The molecule has 96 valence electrons. The molecule has 0 aliphatic heterocycles. The minimum absolute atomic E-state index is 0.00605. The molecular formula is C15H14N2OS. The molecular weight excluding hydrogens is 256 g/mol. The number of hydrogen-bond acceptors (Lipinski definition) is 3. The van der Waals surface area contributed by atoms with E-state index in [1.165, 1.54) is 11.3 Å². The van der Waals surface area contributed by atoms with Crippen LogP contribution in [0.15, 0.2) is 47.3 Å². The van der Waals surface area contributed by atoms with E-state index < -0.39 is 6.04 Å². The van der Waals surface area contributed by atoms with Crippen LogP contribution in [-0.2, 0) is 6.42 Å². The second kappa shape index (κ2) is 4.99. The van der Waals surface area contributed by atoms with Gasteiger partial charge in [-0.2, -0.15) is 11.3 Å². The van der Waals surface area contributed by atoms with Gasteiger partial charge in [-0.1, -0.05) is 18.2 Å². The highest BCUT2D eigenvalue weighted by Gasteiger charge is 2.18. The number of ketones is 1. The molecule has 19 heavy (non-hydrogen) atoms. The Kier molecular flexibility index (Phi) is 3.19. The van der Waals surface area contributed by atoms with Crippen LogP contribution in [0.1, 0.15) is 15.9 Å². The Morgan fingerprint density at radius 2 is 2.16 bits per heavy atom. The first kappa shape index (κ1) is 12.1. The zero-order chi connectivity index (χ0) is 13.2. The fraction of sp³-hybridized carbons (Fsp3) is 0.133. The van der Waals surface area contributed by atoms with Gasteiger partial charge in [0.2, 0.25) is 0 Å². The van der Waals surface area contributed by atoms with E-state index >= 15 is 0 Å². The number of benzene rings is 1. The first-order chi connectivity index (χ1) is 9.25. The van der Waals surface area contributed by atoms with Gasteiger partial charge in [0, 0.05) is 28.0 Å². The fourth-order valence-corrected chi connectivity index (χ4v) is 2.89. The third-order valence-electron chi connectivity index (χ3n) is 3.26. The number of rotatable bonds is 4. The number of hydrogen-bond donors (Lipinski definition) is 2. The van der Waals surface area contributed by atoms with Crippen molar-refractivity contribution in [3.8, 4) is 0 Å². The van der Waals surface area contributed by atoms with Gasteiger partial charge in [0.15, 0.2) is 5.78 Å². The molecule has 1 aromatic carbocycles. The number of para-hydroxylation sites is 1. The Morgan fingerprint density at radius 3 is 2.95 bits per heavy atom. The summed E-state index contributed by atoms with van der Waals surface area (Å²) < 4.78 is 0. The molecule has 0 radical (unpaired) electrons. The lowest BCUT2D eigenvalue weighted by atomic mass is 10.00. The third-order valence-corrected chi connectivity index (χ3v) is 3.94. The summed E-state index contributed by atoms with van der Waals surface area (Å²) in [7, 11) is 0. The van der Waals surface area contributed by atoms with E-state index in [0.717, 1.165) is 16.5 Å². The summed E-state index contributed by atoms with van der Waals surface area (Å²) in [4.78, 5) is 15.3. The predicted molar refractivity (Wildman–Crippen MR) is 78.6 cm³/mol. The standard InChI is InChI=1S/C15H14N2OS/c16-13(15(18)10-5-6-19-9-10)7-11-8-17-14-4-2-1-3-12(11)14/h1-6,8-9,13,17H,7,16H2/t13-/m0/s1. The quantitative estimate of drug-likeness (QED) is 0.716. The van der Waals surface area contributed by atoms with Crippen molar-refractivity contribution in [3.63, 3.8) is 0 Å². The fourth-order valence-electron chi connectivity index (χ4n) is 2.25. The van der Waals surface area contributed by atoms with Crippen LogP contribution < -0.4 is 5.73 Å². The van der Waals surface area contributed by atoms with Crippen LogP contribution >= 0.6 is 11.3 Å². The number of fused-ring (bicyclic) bond motifs is 1. The van der Waals surface area contributed by atoms with Gasteiger partial charge in [-0.25, -0.2) is 0 Å². The van der Waals surface area contributed by atoms with E-state index in [0.29, 0.717) is 12.0 Å². The smallest absolute Gasteiger partial charge is 0.180 e. The van der Waals surface area contributed by atoms with Crippen molar-refractivity contribution in [2.24, 2.45) is 5.73 Å². The van der Waals surface area contributed by atoms with Gasteiger partial charge in [-0.05, 0) is 29.5 Å². The van der Waals surface area contributed by atoms with Crippen LogP contribution in [0, 0.1) is 0 Å². The van der Waals surface area contributed by atoms with Gasteiger partial charge >= 0.3 is 0 Å². The maximum atomic E-state index is 12.1. The van der Waals surface area contributed by atoms with E-state index in [-0.39, 0.29) is 5.78 Å². The molecule has 0 unspecified atom stereocenters. The Labute approximate surface area is 115 Å². The van der Waals surface area contributed by atoms with Crippen LogP contribution in [0.4, 0.5) is 0 Å². The highest BCUT2D eigenvalue weighted by Crippen LogP contribution is 2.20. The average molecular weight is 270 g/mol. The zero-order valence-corrected chi connectivity index (χ0v) is 11.1. The molecule has 3 aromatic rings. The first-order valence-electron chi connectivity index (χ1n) is 6.12. The molecule has 0 aliphatic carbocycles. The molecule has 0 spiro atoms. The van der Waals surface area contributed by atoms with Crippen molar-refractivity contribution in [2.75, 3.05) is 0 Å². The molecule has 4 heteroatoms. The minimum atomic E-state index is -0.492. The number of aromatic nitrogens is 1. The van der Waals surface area contributed by atoms with Gasteiger partial charge in [-0.15, -0.1) is 0 Å². The molecule has 1 atom stereocenters. The number of nitrogens with two attached hydrogens (primary N) is 1. The van der Waals surface area contributed by atoms with Crippen molar-refractivity contribution in [2.45, 2.75) is 12.5 Å². The van der Waals surface area contributed by atoms with Crippen LogP contribution in [-0.4, -0.2) is 16.8 Å². The largest absolute Gasteiger partial charge is 0.361 e. The summed E-state index contributed by atoms with van der Waals surface area (Å²) in [5.41, 5.74) is 8.90. The van der Waals surface area contributed by atoms with Gasteiger partial charge in [0.05, 0.1) is 6.04 Å². The monoisotopic (exact) mass is 270 g/mol. The lowest BCUT2D eigenvalue weighted by molar-refractivity contribution is 0.0961. The highest BCUT2D eigenvalue weighted by molar-refractivity contribution is 7.08. The molecule has 0 bridgehead atoms. The third kappa shape index (κ3) is 2.32. The van der Waals surface area contributed by atoms with Crippen molar-refractivity contribution < 1.29 is 4.79 Å². The van der Waals surface area contributed by atoms with Crippen molar-refractivity contribution >= 4 is 28.0 Å². The molecule has 3 nitrogen and oxygen atoms in total. The predicted octanol–water partition coefficient (Wildman–Crippen LogP) is 2.98. The van der Waals surface area contributed by atoms with E-state index in [4.69, 9.17) is 5.73 Å². The van der Waals surface area contributed by atoms with Gasteiger partial charge < -0.3 is 10.7 Å². The number of nitrogens with one attached hydrogen (secondary N) is 1. The lowest BCUT2D eigenvalue weighted by Crippen LogP contribution is -2.32. The molecule has 0 fully saturated rings. The van der Waals surface area contributed by atoms with Gasteiger partial charge in [0.25, 0.3) is 0 Å². The first-order valence-corrected chi connectivity index (χ1v) is 7.07. The zero-order valence-electron chi connectivity index (χ0n) is 10.3. The van der Waals surface area contributed by atoms with E-state index in [1.54, 1.807) is 0 Å².